The average molecular weight is 213 g/mol. The van der Waals surface area contributed by atoms with Crippen molar-refractivity contribution in [1.82, 2.24) is 5.32 Å². The zero-order chi connectivity index (χ0) is 9.97. The van der Waals surface area contributed by atoms with E-state index in [-0.39, 0.29) is 0 Å². The van der Waals surface area contributed by atoms with Gasteiger partial charge < -0.3 is 5.32 Å². The molecule has 0 saturated heterocycles. The van der Waals surface area contributed by atoms with Crippen molar-refractivity contribution in [3.05, 3.63) is 0 Å². The zero-order valence-corrected chi connectivity index (χ0v) is 10.3. The van der Waals surface area contributed by atoms with Gasteiger partial charge in [0, 0.05) is 17.3 Å². The van der Waals surface area contributed by atoms with E-state index < -0.39 is 0 Å². The monoisotopic (exact) mass is 213 g/mol. The van der Waals surface area contributed by atoms with Gasteiger partial charge in [-0.05, 0) is 37.9 Å². The summed E-state index contributed by atoms with van der Waals surface area (Å²) in [6, 6.07) is 1.64. The molecule has 4 atom stereocenters. The van der Waals surface area contributed by atoms with Crippen molar-refractivity contribution < 1.29 is 0 Å². The average Bonchev–Trinajstić information content (AvgIpc) is 2.77. The van der Waals surface area contributed by atoms with Gasteiger partial charge in [0.25, 0.3) is 0 Å². The van der Waals surface area contributed by atoms with Crippen molar-refractivity contribution in [2.24, 2.45) is 5.92 Å². The molecule has 0 aromatic heterocycles. The Morgan fingerprint density at radius 1 is 1.00 bits per heavy atom. The largest absolute Gasteiger partial charge is 0.310 e. The molecule has 2 rings (SSSR count). The second-order valence-electron chi connectivity index (χ2n) is 4.99. The minimum absolute atomic E-state index is 0.815. The van der Waals surface area contributed by atoms with Crippen LogP contribution in [-0.4, -0.2) is 23.6 Å². The van der Waals surface area contributed by atoms with Crippen LogP contribution in [0.2, 0.25) is 0 Å². The Morgan fingerprint density at radius 2 is 1.71 bits per heavy atom. The first-order chi connectivity index (χ1) is 6.81. The van der Waals surface area contributed by atoms with Gasteiger partial charge in [0.2, 0.25) is 0 Å². The molecule has 0 amide bonds. The van der Waals surface area contributed by atoms with Crippen LogP contribution in [0.1, 0.15) is 45.4 Å². The second kappa shape index (κ2) is 4.89. The lowest BCUT2D eigenvalue weighted by atomic mass is 10.0. The van der Waals surface area contributed by atoms with Gasteiger partial charge in [-0.15, -0.1) is 0 Å². The highest BCUT2D eigenvalue weighted by Crippen LogP contribution is 2.32. The van der Waals surface area contributed by atoms with Crippen LogP contribution >= 0.6 is 11.8 Å². The van der Waals surface area contributed by atoms with E-state index in [0.29, 0.717) is 0 Å². The van der Waals surface area contributed by atoms with Crippen molar-refractivity contribution in [1.29, 1.82) is 0 Å². The summed E-state index contributed by atoms with van der Waals surface area (Å²) < 4.78 is 0. The normalized spacial score (nSPS) is 43.3. The lowest BCUT2D eigenvalue weighted by molar-refractivity contribution is 0.377. The van der Waals surface area contributed by atoms with Crippen LogP contribution in [0, 0.1) is 5.92 Å². The maximum absolute atomic E-state index is 3.91. The maximum atomic E-state index is 3.91. The third kappa shape index (κ3) is 2.27. The van der Waals surface area contributed by atoms with Gasteiger partial charge >= 0.3 is 0 Å². The fraction of sp³-hybridized carbons (Fsp3) is 1.00. The fourth-order valence-electron chi connectivity index (χ4n) is 3.07. The SMILES string of the molecule is CSC1CCCC1NC1CCCC1C. The Hall–Kier alpha value is 0.310. The third-order valence-corrected chi connectivity index (χ3v) is 5.21. The standard InChI is InChI=1S/C12H23NS/c1-9-5-3-6-10(9)13-11-7-4-8-12(11)14-2/h9-13H,3-8H2,1-2H3. The Balaban J connectivity index is 1.83. The quantitative estimate of drug-likeness (QED) is 0.773. The van der Waals surface area contributed by atoms with E-state index in [9.17, 15) is 0 Å². The molecule has 0 bridgehead atoms. The molecule has 0 heterocycles. The molecule has 2 aliphatic rings. The van der Waals surface area contributed by atoms with E-state index in [1.807, 2.05) is 0 Å². The minimum Gasteiger partial charge on any atom is -0.310 e. The van der Waals surface area contributed by atoms with Crippen LogP contribution in [-0.2, 0) is 0 Å². The molecular formula is C12H23NS. The molecule has 2 heteroatoms. The molecule has 0 aromatic carbocycles. The van der Waals surface area contributed by atoms with Gasteiger partial charge in [-0.1, -0.05) is 19.8 Å². The molecule has 2 fully saturated rings. The van der Waals surface area contributed by atoms with Crippen LogP contribution in [0.3, 0.4) is 0 Å². The van der Waals surface area contributed by atoms with E-state index >= 15 is 0 Å². The van der Waals surface area contributed by atoms with Gasteiger partial charge in [0.15, 0.2) is 0 Å². The van der Waals surface area contributed by atoms with Crippen molar-refractivity contribution in [2.45, 2.75) is 62.8 Å². The highest BCUT2D eigenvalue weighted by molar-refractivity contribution is 7.99. The number of rotatable bonds is 3. The third-order valence-electron chi connectivity index (χ3n) is 4.04. The first kappa shape index (κ1) is 10.8. The number of hydrogen-bond acceptors (Lipinski definition) is 2. The highest BCUT2D eigenvalue weighted by atomic mass is 32.2. The van der Waals surface area contributed by atoms with E-state index in [1.54, 1.807) is 0 Å². The Bertz CT molecular complexity index is 183. The molecular weight excluding hydrogens is 190 g/mol. The topological polar surface area (TPSA) is 12.0 Å². The molecule has 4 unspecified atom stereocenters. The van der Waals surface area contributed by atoms with Crippen LogP contribution in [0.15, 0.2) is 0 Å². The van der Waals surface area contributed by atoms with Crippen molar-refractivity contribution >= 4 is 11.8 Å². The van der Waals surface area contributed by atoms with E-state index in [1.165, 1.54) is 38.5 Å². The van der Waals surface area contributed by atoms with Crippen LogP contribution in [0.5, 0.6) is 0 Å². The van der Waals surface area contributed by atoms with Gasteiger partial charge in [-0.25, -0.2) is 0 Å². The van der Waals surface area contributed by atoms with Crippen LogP contribution in [0.4, 0.5) is 0 Å². The summed E-state index contributed by atoms with van der Waals surface area (Å²) in [5, 5.41) is 4.80. The molecule has 0 aliphatic heterocycles. The molecule has 1 N–H and O–H groups in total. The summed E-state index contributed by atoms with van der Waals surface area (Å²) in [5.74, 6) is 0.915. The van der Waals surface area contributed by atoms with E-state index in [2.05, 4.69) is 30.3 Å². The van der Waals surface area contributed by atoms with Crippen LogP contribution < -0.4 is 5.32 Å². The number of hydrogen-bond donors (Lipinski definition) is 1. The summed E-state index contributed by atoms with van der Waals surface area (Å²) in [6.45, 7) is 2.41. The van der Waals surface area contributed by atoms with E-state index in [4.69, 9.17) is 0 Å². The molecule has 82 valence electrons. The Kier molecular flexibility index (Phi) is 3.78. The summed E-state index contributed by atoms with van der Waals surface area (Å²) in [6.07, 6.45) is 10.8. The summed E-state index contributed by atoms with van der Waals surface area (Å²) in [7, 11) is 0. The fourth-order valence-corrected chi connectivity index (χ4v) is 4.01. The second-order valence-corrected chi connectivity index (χ2v) is 6.07. The van der Waals surface area contributed by atoms with E-state index in [0.717, 1.165) is 23.3 Å². The zero-order valence-electron chi connectivity index (χ0n) is 9.46. The summed E-state index contributed by atoms with van der Waals surface area (Å²) >= 11 is 2.06. The van der Waals surface area contributed by atoms with Crippen molar-refractivity contribution in [3.8, 4) is 0 Å². The molecule has 0 spiro atoms. The smallest absolute Gasteiger partial charge is 0.0198 e. The first-order valence-electron chi connectivity index (χ1n) is 6.10. The molecule has 1 nitrogen and oxygen atoms in total. The number of thioether (sulfide) groups is 1. The van der Waals surface area contributed by atoms with Crippen molar-refractivity contribution in [2.75, 3.05) is 6.26 Å². The molecule has 2 saturated carbocycles. The van der Waals surface area contributed by atoms with Crippen LogP contribution in [0.25, 0.3) is 0 Å². The molecule has 0 aromatic rings. The predicted octanol–water partition coefficient (Wildman–Crippen LogP) is 3.05. The lowest BCUT2D eigenvalue weighted by Crippen LogP contribution is -2.42. The van der Waals surface area contributed by atoms with Crippen molar-refractivity contribution in [3.63, 3.8) is 0 Å². The summed E-state index contributed by atoms with van der Waals surface area (Å²) in [4.78, 5) is 0. The minimum atomic E-state index is 0.815. The molecule has 14 heavy (non-hydrogen) atoms. The highest BCUT2D eigenvalue weighted by Gasteiger charge is 2.31. The maximum Gasteiger partial charge on any atom is 0.0198 e. The van der Waals surface area contributed by atoms with Gasteiger partial charge in [-0.2, -0.15) is 11.8 Å². The Morgan fingerprint density at radius 3 is 2.36 bits per heavy atom. The Labute approximate surface area is 92.4 Å². The number of nitrogens with one attached hydrogen (secondary N) is 1. The lowest BCUT2D eigenvalue weighted by Gasteiger charge is -2.26. The molecule has 0 radical (unpaired) electrons. The van der Waals surface area contributed by atoms with Gasteiger partial charge in [0.05, 0.1) is 0 Å². The first-order valence-corrected chi connectivity index (χ1v) is 7.39. The molecule has 2 aliphatic carbocycles. The van der Waals surface area contributed by atoms with Gasteiger partial charge in [0.1, 0.15) is 0 Å². The summed E-state index contributed by atoms with van der Waals surface area (Å²) in [5.41, 5.74) is 0. The predicted molar refractivity (Wildman–Crippen MR) is 64.9 cm³/mol. The van der Waals surface area contributed by atoms with Gasteiger partial charge in [-0.3, -0.25) is 0 Å².